The summed E-state index contributed by atoms with van der Waals surface area (Å²) in [5.74, 6) is 0. The van der Waals surface area contributed by atoms with Crippen LogP contribution in [-0.2, 0) is 6.42 Å². The van der Waals surface area contributed by atoms with Crippen LogP contribution in [0.3, 0.4) is 0 Å². The number of hydrogen-bond donors (Lipinski definition) is 0. The van der Waals surface area contributed by atoms with Crippen LogP contribution >= 0.6 is 0 Å². The standard InChI is InChI=1S/C15H22N2/c1-15(2,3)16-10-13(11-16)17-9-8-12-6-4-5-7-14(12)17/h4-7,13H,8-11H2,1-3H3. The van der Waals surface area contributed by atoms with Gasteiger partial charge in [-0.1, -0.05) is 18.2 Å². The molecule has 0 bridgehead atoms. The van der Waals surface area contributed by atoms with E-state index >= 15 is 0 Å². The third kappa shape index (κ3) is 1.85. The van der Waals surface area contributed by atoms with Crippen molar-refractivity contribution in [3.05, 3.63) is 29.8 Å². The van der Waals surface area contributed by atoms with Gasteiger partial charge >= 0.3 is 0 Å². The van der Waals surface area contributed by atoms with Crippen LogP contribution in [0.4, 0.5) is 5.69 Å². The van der Waals surface area contributed by atoms with E-state index < -0.39 is 0 Å². The number of rotatable bonds is 1. The Hall–Kier alpha value is -1.02. The Morgan fingerprint density at radius 2 is 1.82 bits per heavy atom. The molecule has 0 N–H and O–H groups in total. The molecule has 3 rings (SSSR count). The Bertz CT molecular complexity index is 413. The van der Waals surface area contributed by atoms with Gasteiger partial charge in [0.05, 0.1) is 6.04 Å². The minimum absolute atomic E-state index is 0.329. The van der Waals surface area contributed by atoms with Gasteiger partial charge in [-0.3, -0.25) is 4.90 Å². The Morgan fingerprint density at radius 1 is 1.12 bits per heavy atom. The first-order chi connectivity index (χ1) is 8.05. The van der Waals surface area contributed by atoms with Crippen LogP contribution in [0.15, 0.2) is 24.3 Å². The summed E-state index contributed by atoms with van der Waals surface area (Å²) in [6, 6.07) is 9.61. The van der Waals surface area contributed by atoms with E-state index in [9.17, 15) is 0 Å². The van der Waals surface area contributed by atoms with Gasteiger partial charge in [-0.25, -0.2) is 0 Å². The third-order valence-electron chi connectivity index (χ3n) is 4.17. The topological polar surface area (TPSA) is 6.48 Å². The molecule has 0 spiro atoms. The van der Waals surface area contributed by atoms with E-state index in [1.54, 1.807) is 0 Å². The number of fused-ring (bicyclic) bond motifs is 1. The minimum atomic E-state index is 0.329. The highest BCUT2D eigenvalue weighted by atomic mass is 15.3. The highest BCUT2D eigenvalue weighted by Gasteiger charge is 2.39. The molecule has 0 saturated carbocycles. The first-order valence-corrected chi connectivity index (χ1v) is 6.65. The number of para-hydroxylation sites is 1. The lowest BCUT2D eigenvalue weighted by Gasteiger charge is -2.51. The first kappa shape index (κ1) is 11.1. The lowest BCUT2D eigenvalue weighted by atomic mass is 9.96. The molecule has 0 amide bonds. The summed E-state index contributed by atoms with van der Waals surface area (Å²) in [4.78, 5) is 5.18. The Balaban J connectivity index is 1.70. The van der Waals surface area contributed by atoms with Crippen molar-refractivity contribution in [2.24, 2.45) is 0 Å². The Morgan fingerprint density at radius 3 is 2.53 bits per heavy atom. The van der Waals surface area contributed by atoms with Crippen LogP contribution < -0.4 is 4.90 Å². The third-order valence-corrected chi connectivity index (χ3v) is 4.17. The normalized spacial score (nSPS) is 21.5. The van der Waals surface area contributed by atoms with E-state index in [1.807, 2.05) is 0 Å². The second-order valence-corrected chi connectivity index (χ2v) is 6.30. The lowest BCUT2D eigenvalue weighted by Crippen LogP contribution is -2.64. The zero-order valence-corrected chi connectivity index (χ0v) is 11.1. The molecular weight excluding hydrogens is 208 g/mol. The molecule has 92 valence electrons. The van der Waals surface area contributed by atoms with Gasteiger partial charge in [0.25, 0.3) is 0 Å². The molecule has 1 fully saturated rings. The predicted octanol–water partition coefficient (Wildman–Crippen LogP) is 2.53. The molecule has 1 saturated heterocycles. The fourth-order valence-corrected chi connectivity index (χ4v) is 2.94. The highest BCUT2D eigenvalue weighted by Crippen LogP contribution is 2.33. The average Bonchev–Trinajstić information content (AvgIpc) is 2.58. The van der Waals surface area contributed by atoms with Crippen molar-refractivity contribution in [1.29, 1.82) is 0 Å². The quantitative estimate of drug-likeness (QED) is 0.731. The number of nitrogens with zero attached hydrogens (tertiary/aromatic N) is 2. The molecule has 2 aliphatic rings. The van der Waals surface area contributed by atoms with Gasteiger partial charge in [0.15, 0.2) is 0 Å². The van der Waals surface area contributed by atoms with Gasteiger partial charge in [-0.15, -0.1) is 0 Å². The SMILES string of the molecule is CC(C)(C)N1CC(N2CCc3ccccc32)C1. The van der Waals surface area contributed by atoms with Crippen LogP contribution in [0.2, 0.25) is 0 Å². The largest absolute Gasteiger partial charge is 0.365 e. The summed E-state index contributed by atoms with van der Waals surface area (Å²) in [5.41, 5.74) is 3.34. The van der Waals surface area contributed by atoms with Crippen molar-refractivity contribution in [2.45, 2.75) is 38.8 Å². The maximum atomic E-state index is 2.61. The number of likely N-dealkylation sites (tertiary alicyclic amines) is 1. The molecule has 2 heterocycles. The van der Waals surface area contributed by atoms with E-state index in [0.717, 1.165) is 6.04 Å². The fraction of sp³-hybridized carbons (Fsp3) is 0.600. The maximum absolute atomic E-state index is 2.61. The molecule has 0 aromatic heterocycles. The molecule has 1 aromatic rings. The second kappa shape index (κ2) is 3.74. The van der Waals surface area contributed by atoms with Gasteiger partial charge in [0.2, 0.25) is 0 Å². The number of benzene rings is 1. The zero-order valence-electron chi connectivity index (χ0n) is 11.1. The minimum Gasteiger partial charge on any atom is -0.365 e. The smallest absolute Gasteiger partial charge is 0.0544 e. The lowest BCUT2D eigenvalue weighted by molar-refractivity contribution is 0.0468. The molecular formula is C15H22N2. The van der Waals surface area contributed by atoms with E-state index in [1.165, 1.54) is 37.3 Å². The van der Waals surface area contributed by atoms with Crippen LogP contribution in [0.25, 0.3) is 0 Å². The van der Waals surface area contributed by atoms with Crippen molar-refractivity contribution in [1.82, 2.24) is 4.90 Å². The number of hydrogen-bond acceptors (Lipinski definition) is 2. The molecule has 0 aliphatic carbocycles. The van der Waals surface area contributed by atoms with Crippen molar-refractivity contribution in [2.75, 3.05) is 24.5 Å². The van der Waals surface area contributed by atoms with Crippen LogP contribution in [0, 0.1) is 0 Å². The number of anilines is 1. The van der Waals surface area contributed by atoms with Crippen LogP contribution in [0.5, 0.6) is 0 Å². The molecule has 2 aliphatic heterocycles. The molecule has 0 radical (unpaired) electrons. The molecule has 17 heavy (non-hydrogen) atoms. The van der Waals surface area contributed by atoms with E-state index in [-0.39, 0.29) is 0 Å². The summed E-state index contributed by atoms with van der Waals surface area (Å²) in [6.07, 6.45) is 1.22. The van der Waals surface area contributed by atoms with Crippen molar-refractivity contribution in [3.63, 3.8) is 0 Å². The Labute approximate surface area is 104 Å². The van der Waals surface area contributed by atoms with E-state index in [0.29, 0.717) is 5.54 Å². The monoisotopic (exact) mass is 230 g/mol. The fourth-order valence-electron chi connectivity index (χ4n) is 2.94. The summed E-state index contributed by atoms with van der Waals surface area (Å²) in [5, 5.41) is 0. The Kier molecular flexibility index (Phi) is 2.44. The van der Waals surface area contributed by atoms with Crippen molar-refractivity contribution in [3.8, 4) is 0 Å². The predicted molar refractivity (Wildman–Crippen MR) is 72.6 cm³/mol. The zero-order chi connectivity index (χ0) is 12.0. The van der Waals surface area contributed by atoms with Gasteiger partial charge < -0.3 is 4.90 Å². The van der Waals surface area contributed by atoms with Gasteiger partial charge in [0, 0.05) is 30.9 Å². The van der Waals surface area contributed by atoms with Crippen LogP contribution in [-0.4, -0.2) is 36.1 Å². The van der Waals surface area contributed by atoms with Gasteiger partial charge in [-0.05, 0) is 38.8 Å². The molecule has 0 unspecified atom stereocenters. The maximum Gasteiger partial charge on any atom is 0.0544 e. The van der Waals surface area contributed by atoms with E-state index in [2.05, 4.69) is 54.8 Å². The summed E-state index contributed by atoms with van der Waals surface area (Å²) in [7, 11) is 0. The van der Waals surface area contributed by atoms with Gasteiger partial charge in [-0.2, -0.15) is 0 Å². The highest BCUT2D eigenvalue weighted by molar-refractivity contribution is 5.59. The van der Waals surface area contributed by atoms with Crippen LogP contribution in [0.1, 0.15) is 26.3 Å². The summed E-state index contributed by atoms with van der Waals surface area (Å²) in [6.45, 7) is 10.6. The molecule has 2 nitrogen and oxygen atoms in total. The second-order valence-electron chi connectivity index (χ2n) is 6.30. The molecule has 2 heteroatoms. The molecule has 0 atom stereocenters. The summed E-state index contributed by atoms with van der Waals surface area (Å²) >= 11 is 0. The summed E-state index contributed by atoms with van der Waals surface area (Å²) < 4.78 is 0. The average molecular weight is 230 g/mol. The van der Waals surface area contributed by atoms with E-state index in [4.69, 9.17) is 0 Å². The molecule has 1 aromatic carbocycles. The van der Waals surface area contributed by atoms with Gasteiger partial charge in [0.1, 0.15) is 0 Å². The first-order valence-electron chi connectivity index (χ1n) is 6.65. The van der Waals surface area contributed by atoms with Crippen molar-refractivity contribution >= 4 is 5.69 Å². The van der Waals surface area contributed by atoms with Crippen molar-refractivity contribution < 1.29 is 0 Å².